The third kappa shape index (κ3) is 5.53. The van der Waals surface area contributed by atoms with Crippen molar-refractivity contribution < 1.29 is 27.4 Å². The first kappa shape index (κ1) is 26.5. The van der Waals surface area contributed by atoms with Gasteiger partial charge < -0.3 is 14.8 Å². The molecule has 2 aromatic carbocycles. The zero-order valence-corrected chi connectivity index (χ0v) is 20.4. The average Bonchev–Trinajstić information content (AvgIpc) is 2.90. The summed E-state index contributed by atoms with van der Waals surface area (Å²) in [6.45, 7) is -0.567. The minimum Gasteiger partial charge on any atom is -0.493 e. The van der Waals surface area contributed by atoms with E-state index in [1.807, 2.05) is 0 Å². The first-order valence-electron chi connectivity index (χ1n) is 11.4. The van der Waals surface area contributed by atoms with Crippen LogP contribution in [-0.2, 0) is 30.5 Å². The van der Waals surface area contributed by atoms with E-state index < -0.39 is 35.4 Å². The fraction of sp³-hybridized carbons (Fsp3) is 0.231. The van der Waals surface area contributed by atoms with Crippen LogP contribution >= 0.6 is 0 Å². The van der Waals surface area contributed by atoms with Gasteiger partial charge >= 0.3 is 11.9 Å². The topological polar surface area (TPSA) is 104 Å². The summed E-state index contributed by atoms with van der Waals surface area (Å²) < 4.78 is 51.6. The van der Waals surface area contributed by atoms with E-state index >= 15 is 0 Å². The molecule has 12 heteroatoms. The molecule has 0 aliphatic carbocycles. The molecule has 9 nitrogen and oxygen atoms in total. The van der Waals surface area contributed by atoms with Crippen LogP contribution in [0.5, 0.6) is 11.5 Å². The Morgan fingerprint density at radius 1 is 0.974 bits per heavy atom. The number of ether oxygens (including phenoxy) is 2. The Morgan fingerprint density at radius 3 is 2.45 bits per heavy atom. The summed E-state index contributed by atoms with van der Waals surface area (Å²) in [6.07, 6.45) is -2.91. The Bertz CT molecular complexity index is 1610. The first-order valence-corrected chi connectivity index (χ1v) is 11.4. The zero-order chi connectivity index (χ0) is 27.4. The summed E-state index contributed by atoms with van der Waals surface area (Å²) in [4.78, 5) is 43.3. The highest BCUT2D eigenvalue weighted by Crippen LogP contribution is 2.30. The van der Waals surface area contributed by atoms with E-state index in [2.05, 4.69) is 10.3 Å². The minimum absolute atomic E-state index is 0.0189. The summed E-state index contributed by atoms with van der Waals surface area (Å²) in [5.41, 5.74) is -1.51. The smallest absolute Gasteiger partial charge is 0.416 e. The molecule has 0 spiro atoms. The number of aromatic nitrogens is 3. The summed E-state index contributed by atoms with van der Waals surface area (Å²) in [5, 5.41) is 2.38. The third-order valence-electron chi connectivity index (χ3n) is 5.83. The van der Waals surface area contributed by atoms with Gasteiger partial charge in [-0.05, 0) is 54.4 Å². The highest BCUT2D eigenvalue weighted by atomic mass is 19.4. The van der Waals surface area contributed by atoms with Gasteiger partial charge in [-0.15, -0.1) is 0 Å². The van der Waals surface area contributed by atoms with Gasteiger partial charge in [0.25, 0.3) is 5.56 Å². The van der Waals surface area contributed by atoms with E-state index in [1.54, 1.807) is 18.2 Å². The average molecular weight is 528 g/mol. The molecule has 0 aliphatic rings. The monoisotopic (exact) mass is 528 g/mol. The number of anilines is 1. The van der Waals surface area contributed by atoms with Crippen LogP contribution in [0.25, 0.3) is 11.0 Å². The Kier molecular flexibility index (Phi) is 7.51. The summed E-state index contributed by atoms with van der Waals surface area (Å²) in [7, 11) is 3.00. The first-order chi connectivity index (χ1) is 18.1. The maximum atomic E-state index is 13.3. The fourth-order valence-electron chi connectivity index (χ4n) is 3.99. The van der Waals surface area contributed by atoms with E-state index in [4.69, 9.17) is 9.47 Å². The quantitative estimate of drug-likeness (QED) is 0.376. The van der Waals surface area contributed by atoms with Gasteiger partial charge in [0.15, 0.2) is 17.0 Å². The number of carbonyl (C=O) groups is 1. The van der Waals surface area contributed by atoms with Crippen molar-refractivity contribution in [3.63, 3.8) is 0 Å². The van der Waals surface area contributed by atoms with E-state index in [0.717, 1.165) is 32.9 Å². The van der Waals surface area contributed by atoms with Gasteiger partial charge in [0.05, 0.1) is 25.3 Å². The molecular weight excluding hydrogens is 505 g/mol. The summed E-state index contributed by atoms with van der Waals surface area (Å²) in [5.74, 6) is 0.264. The van der Waals surface area contributed by atoms with Crippen LogP contribution in [0.4, 0.5) is 18.9 Å². The van der Waals surface area contributed by atoms with Gasteiger partial charge in [0, 0.05) is 18.4 Å². The highest BCUT2D eigenvalue weighted by Gasteiger charge is 2.30. The normalized spacial score (nSPS) is 11.4. The van der Waals surface area contributed by atoms with Gasteiger partial charge in [-0.2, -0.15) is 13.2 Å². The molecule has 198 valence electrons. The third-order valence-corrected chi connectivity index (χ3v) is 5.83. The van der Waals surface area contributed by atoms with Crippen LogP contribution in [0.15, 0.2) is 70.4 Å². The molecule has 1 amide bonds. The van der Waals surface area contributed by atoms with Crippen molar-refractivity contribution >= 4 is 22.6 Å². The zero-order valence-electron chi connectivity index (χ0n) is 20.4. The molecule has 38 heavy (non-hydrogen) atoms. The molecule has 0 atom stereocenters. The number of amides is 1. The van der Waals surface area contributed by atoms with Crippen LogP contribution in [0.1, 0.15) is 11.1 Å². The molecule has 2 aromatic heterocycles. The van der Waals surface area contributed by atoms with Crippen molar-refractivity contribution in [3.05, 3.63) is 92.8 Å². The number of alkyl halides is 3. The number of pyridine rings is 1. The van der Waals surface area contributed by atoms with Gasteiger partial charge in [0.1, 0.15) is 6.54 Å². The van der Waals surface area contributed by atoms with Crippen molar-refractivity contribution in [1.82, 2.24) is 14.1 Å². The van der Waals surface area contributed by atoms with Crippen molar-refractivity contribution in [2.24, 2.45) is 0 Å². The van der Waals surface area contributed by atoms with Crippen LogP contribution in [0, 0.1) is 0 Å². The minimum atomic E-state index is -4.58. The molecule has 4 rings (SSSR count). The molecule has 0 aliphatic heterocycles. The number of halogens is 3. The Balaban J connectivity index is 1.65. The lowest BCUT2D eigenvalue weighted by molar-refractivity contribution is -0.137. The molecule has 4 aromatic rings. The van der Waals surface area contributed by atoms with Crippen LogP contribution in [-0.4, -0.2) is 34.2 Å². The number of rotatable bonds is 8. The second kappa shape index (κ2) is 10.8. The van der Waals surface area contributed by atoms with Gasteiger partial charge in [0.2, 0.25) is 5.91 Å². The summed E-state index contributed by atoms with van der Waals surface area (Å²) in [6, 6.07) is 12.3. The molecule has 0 radical (unpaired) electrons. The highest BCUT2D eigenvalue weighted by molar-refractivity contribution is 5.91. The second-order valence-corrected chi connectivity index (χ2v) is 8.26. The van der Waals surface area contributed by atoms with E-state index in [9.17, 15) is 27.6 Å². The Hall–Kier alpha value is -4.61. The predicted octanol–water partition coefficient (Wildman–Crippen LogP) is 3.48. The number of hydrogen-bond acceptors (Lipinski definition) is 6. The molecule has 0 saturated carbocycles. The van der Waals surface area contributed by atoms with E-state index in [1.165, 1.54) is 38.6 Å². The molecule has 0 unspecified atom stereocenters. The maximum absolute atomic E-state index is 13.3. The Labute approximate surface area is 214 Å². The predicted molar refractivity (Wildman–Crippen MR) is 134 cm³/mol. The SMILES string of the molecule is COc1ccc(CCn2c(=O)c3ncccc3n(CC(=O)Nc3cccc(C(F)(F)F)c3)c2=O)cc1OC. The second-order valence-electron chi connectivity index (χ2n) is 8.26. The lowest BCUT2D eigenvalue weighted by Crippen LogP contribution is -2.42. The van der Waals surface area contributed by atoms with Crippen molar-refractivity contribution in [1.29, 1.82) is 0 Å². The largest absolute Gasteiger partial charge is 0.493 e. The molecule has 1 N–H and O–H groups in total. The van der Waals surface area contributed by atoms with Crippen LogP contribution < -0.4 is 26.0 Å². The van der Waals surface area contributed by atoms with Crippen LogP contribution in [0.3, 0.4) is 0 Å². The summed E-state index contributed by atoms with van der Waals surface area (Å²) >= 11 is 0. The number of aryl methyl sites for hydroxylation is 1. The van der Waals surface area contributed by atoms with Crippen LogP contribution in [0.2, 0.25) is 0 Å². The lowest BCUT2D eigenvalue weighted by Gasteiger charge is -2.15. The maximum Gasteiger partial charge on any atom is 0.416 e. The standard InChI is InChI=1S/C26H23F3N4O5/c1-37-20-9-8-16(13-21(20)38-2)10-12-32-24(35)23-19(7-4-11-30-23)33(25(32)36)15-22(34)31-18-6-3-5-17(14-18)26(27,28)29/h3-9,11,13-14H,10,12,15H2,1-2H3,(H,31,34). The number of carbonyl (C=O) groups excluding carboxylic acids is 1. The number of methoxy groups -OCH3 is 2. The lowest BCUT2D eigenvalue weighted by atomic mass is 10.1. The number of benzene rings is 2. The number of nitrogens with one attached hydrogen (secondary N) is 1. The molecule has 0 bridgehead atoms. The van der Waals surface area contributed by atoms with E-state index in [0.29, 0.717) is 11.5 Å². The van der Waals surface area contributed by atoms with Crippen molar-refractivity contribution in [3.8, 4) is 11.5 Å². The Morgan fingerprint density at radius 2 is 1.74 bits per heavy atom. The van der Waals surface area contributed by atoms with Crippen molar-refractivity contribution in [2.75, 3.05) is 19.5 Å². The fourth-order valence-corrected chi connectivity index (χ4v) is 3.99. The number of nitrogens with zero attached hydrogens (tertiary/aromatic N) is 3. The molecular formula is C26H23F3N4O5. The number of fused-ring (bicyclic) bond motifs is 1. The van der Waals surface area contributed by atoms with Gasteiger partial charge in [-0.1, -0.05) is 12.1 Å². The number of hydrogen-bond donors (Lipinski definition) is 1. The van der Waals surface area contributed by atoms with Crippen molar-refractivity contribution in [2.45, 2.75) is 25.7 Å². The van der Waals surface area contributed by atoms with Gasteiger partial charge in [-0.3, -0.25) is 18.7 Å². The molecule has 0 saturated heterocycles. The van der Waals surface area contributed by atoms with Gasteiger partial charge in [-0.25, -0.2) is 9.78 Å². The molecule has 0 fully saturated rings. The van der Waals surface area contributed by atoms with E-state index in [-0.39, 0.29) is 29.7 Å². The molecule has 2 heterocycles.